The molecule has 0 unspecified atom stereocenters. The minimum Gasteiger partial charge on any atom is -0.391 e. The lowest BCUT2D eigenvalue weighted by molar-refractivity contribution is -0.143. The third-order valence-corrected chi connectivity index (χ3v) is 7.31. The van der Waals surface area contributed by atoms with Crippen LogP contribution in [0.5, 0.6) is 0 Å². The van der Waals surface area contributed by atoms with E-state index < -0.39 is 18.2 Å². The molecule has 35 heavy (non-hydrogen) atoms. The number of hydrogen-bond acceptors (Lipinski definition) is 6. The smallest absolute Gasteiger partial charge is 0.243 e. The number of thiazole rings is 1. The van der Waals surface area contributed by atoms with Crippen LogP contribution >= 0.6 is 11.3 Å². The number of carbonyl (C=O) groups excluding carboxylic acids is 2. The number of nitrogens with zero attached hydrogens (tertiary/aromatic N) is 2. The lowest BCUT2D eigenvalue weighted by atomic mass is 9.84. The number of amides is 2. The van der Waals surface area contributed by atoms with Crippen molar-refractivity contribution in [2.24, 2.45) is 5.41 Å². The van der Waals surface area contributed by atoms with Crippen LogP contribution in [-0.2, 0) is 9.59 Å². The van der Waals surface area contributed by atoms with Gasteiger partial charge in [0.25, 0.3) is 0 Å². The van der Waals surface area contributed by atoms with Crippen molar-refractivity contribution in [3.05, 3.63) is 41.0 Å². The normalized spacial score (nSPS) is 20.5. The summed E-state index contributed by atoms with van der Waals surface area (Å²) in [6.45, 7) is 16.2. The van der Waals surface area contributed by atoms with E-state index >= 15 is 0 Å². The molecule has 2 amide bonds. The van der Waals surface area contributed by atoms with Crippen LogP contribution in [0, 0.1) is 12.3 Å². The van der Waals surface area contributed by atoms with Crippen molar-refractivity contribution in [3.63, 3.8) is 0 Å². The Balaban J connectivity index is 1.73. The fraction of sp³-hybridized carbons (Fsp3) is 0.593. The molecule has 1 aromatic heterocycles. The summed E-state index contributed by atoms with van der Waals surface area (Å²) >= 11 is 1.61. The summed E-state index contributed by atoms with van der Waals surface area (Å²) in [5.74, 6) is -0.394. The molecular formula is C27H40N4O3S. The van der Waals surface area contributed by atoms with Crippen molar-refractivity contribution < 1.29 is 14.7 Å². The highest BCUT2D eigenvalue weighted by atomic mass is 32.1. The van der Waals surface area contributed by atoms with Crippen LogP contribution in [0.4, 0.5) is 0 Å². The number of benzene rings is 1. The SMILES string of the molecule is Cc1ncsc1-c1ccc([C@H](C)NC(=O)[C@@H]2C[C@@H](O)CN2C(=O)[C@@H](NC(C)(C)C)C(C)(C)C)cc1. The Morgan fingerprint density at radius 1 is 1.14 bits per heavy atom. The van der Waals surface area contributed by atoms with E-state index in [0.29, 0.717) is 0 Å². The molecular weight excluding hydrogens is 460 g/mol. The number of β-amino-alcohol motifs (C(OH)–C–C–N with tert-alkyl or cyclic N) is 1. The Morgan fingerprint density at radius 2 is 1.77 bits per heavy atom. The zero-order chi connectivity index (χ0) is 26.1. The van der Waals surface area contributed by atoms with Crippen molar-refractivity contribution >= 4 is 23.2 Å². The van der Waals surface area contributed by atoms with Crippen LogP contribution in [0.15, 0.2) is 29.8 Å². The lowest BCUT2D eigenvalue weighted by Gasteiger charge is -2.39. The minimum absolute atomic E-state index is 0.152. The molecule has 2 aromatic rings. The first kappa shape index (κ1) is 27.3. The average molecular weight is 501 g/mol. The molecule has 3 rings (SSSR count). The number of likely N-dealkylation sites (tertiary alicyclic amines) is 1. The molecule has 3 N–H and O–H groups in total. The third kappa shape index (κ3) is 6.68. The van der Waals surface area contributed by atoms with Crippen LogP contribution in [0.2, 0.25) is 0 Å². The molecule has 0 saturated carbocycles. The molecule has 192 valence electrons. The lowest BCUT2D eigenvalue weighted by Crippen LogP contribution is -2.60. The van der Waals surface area contributed by atoms with Gasteiger partial charge in [-0.3, -0.25) is 9.59 Å². The van der Waals surface area contributed by atoms with E-state index in [-0.39, 0.29) is 41.8 Å². The summed E-state index contributed by atoms with van der Waals surface area (Å²) in [5, 5.41) is 16.9. The first-order chi connectivity index (χ1) is 16.2. The van der Waals surface area contributed by atoms with Crippen molar-refractivity contribution in [2.75, 3.05) is 6.54 Å². The van der Waals surface area contributed by atoms with E-state index in [0.717, 1.165) is 21.7 Å². The van der Waals surface area contributed by atoms with Gasteiger partial charge in [-0.25, -0.2) is 4.98 Å². The van der Waals surface area contributed by atoms with Gasteiger partial charge in [-0.15, -0.1) is 11.3 Å². The van der Waals surface area contributed by atoms with Gasteiger partial charge < -0.3 is 20.6 Å². The van der Waals surface area contributed by atoms with Gasteiger partial charge >= 0.3 is 0 Å². The molecule has 1 aliphatic rings. The average Bonchev–Trinajstić information content (AvgIpc) is 3.35. The van der Waals surface area contributed by atoms with Gasteiger partial charge in [0.05, 0.1) is 34.3 Å². The van der Waals surface area contributed by atoms with Crippen molar-refractivity contribution in [1.82, 2.24) is 20.5 Å². The first-order valence-electron chi connectivity index (χ1n) is 12.2. The number of carbonyl (C=O) groups is 2. The maximum Gasteiger partial charge on any atom is 0.243 e. The van der Waals surface area contributed by atoms with E-state index in [9.17, 15) is 14.7 Å². The van der Waals surface area contributed by atoms with Crippen molar-refractivity contribution in [1.29, 1.82) is 0 Å². The second-order valence-electron chi connectivity index (χ2n) is 11.7. The molecule has 0 radical (unpaired) electrons. The summed E-state index contributed by atoms with van der Waals surface area (Å²) < 4.78 is 0. The summed E-state index contributed by atoms with van der Waals surface area (Å²) in [5.41, 5.74) is 4.28. The Bertz CT molecular complexity index is 1040. The Hall–Kier alpha value is -2.29. The molecule has 0 bridgehead atoms. The maximum atomic E-state index is 13.6. The molecule has 2 heterocycles. The zero-order valence-corrected chi connectivity index (χ0v) is 23.0. The monoisotopic (exact) mass is 500 g/mol. The number of aliphatic hydroxyl groups is 1. The topological polar surface area (TPSA) is 94.6 Å². The number of rotatable bonds is 6. The van der Waals surface area contributed by atoms with Gasteiger partial charge in [0.1, 0.15) is 6.04 Å². The fourth-order valence-corrected chi connectivity index (χ4v) is 5.26. The summed E-state index contributed by atoms with van der Waals surface area (Å²) in [4.78, 5) is 33.9. The van der Waals surface area contributed by atoms with E-state index in [2.05, 4.69) is 15.6 Å². The van der Waals surface area contributed by atoms with Gasteiger partial charge in [-0.2, -0.15) is 0 Å². The molecule has 1 aliphatic heterocycles. The highest BCUT2D eigenvalue weighted by Crippen LogP contribution is 2.30. The van der Waals surface area contributed by atoms with E-state index in [1.807, 2.05) is 85.2 Å². The summed E-state index contributed by atoms with van der Waals surface area (Å²) in [7, 11) is 0. The highest BCUT2D eigenvalue weighted by molar-refractivity contribution is 7.13. The van der Waals surface area contributed by atoms with Gasteiger partial charge in [-0.05, 0) is 51.2 Å². The molecule has 1 fully saturated rings. The van der Waals surface area contributed by atoms with Crippen LogP contribution < -0.4 is 10.6 Å². The molecule has 4 atom stereocenters. The number of nitrogens with one attached hydrogen (secondary N) is 2. The molecule has 0 aliphatic carbocycles. The molecule has 8 heteroatoms. The van der Waals surface area contributed by atoms with Gasteiger partial charge in [0, 0.05) is 18.5 Å². The quantitative estimate of drug-likeness (QED) is 0.556. The number of aliphatic hydroxyl groups excluding tert-OH is 1. The molecule has 1 saturated heterocycles. The van der Waals surface area contributed by atoms with Crippen molar-refractivity contribution in [3.8, 4) is 10.4 Å². The largest absolute Gasteiger partial charge is 0.391 e. The number of aromatic nitrogens is 1. The van der Waals surface area contributed by atoms with Crippen LogP contribution in [0.1, 0.15) is 72.2 Å². The molecule has 7 nitrogen and oxygen atoms in total. The summed E-state index contributed by atoms with van der Waals surface area (Å²) in [6, 6.07) is 6.68. The Kier molecular flexibility index (Phi) is 8.09. The molecule has 1 aromatic carbocycles. The third-order valence-electron chi connectivity index (χ3n) is 6.33. The van der Waals surface area contributed by atoms with Crippen LogP contribution in [0.3, 0.4) is 0 Å². The predicted octanol–water partition coefficient (Wildman–Crippen LogP) is 4.06. The molecule has 0 spiro atoms. The van der Waals surface area contributed by atoms with Crippen LogP contribution in [-0.4, -0.2) is 57.1 Å². The minimum atomic E-state index is -0.720. The zero-order valence-electron chi connectivity index (χ0n) is 22.2. The van der Waals surface area contributed by atoms with E-state index in [1.165, 1.54) is 0 Å². The van der Waals surface area contributed by atoms with Gasteiger partial charge in [0.2, 0.25) is 11.8 Å². The first-order valence-corrected chi connectivity index (χ1v) is 13.1. The fourth-order valence-electron chi connectivity index (χ4n) is 4.45. The Labute approximate surface area is 213 Å². The predicted molar refractivity (Wildman–Crippen MR) is 141 cm³/mol. The van der Waals surface area contributed by atoms with Crippen molar-refractivity contribution in [2.45, 2.75) is 91.6 Å². The van der Waals surface area contributed by atoms with Crippen LogP contribution in [0.25, 0.3) is 10.4 Å². The number of aryl methyl sites for hydroxylation is 1. The maximum absolute atomic E-state index is 13.6. The second kappa shape index (κ2) is 10.4. The summed E-state index contributed by atoms with van der Waals surface area (Å²) in [6.07, 6.45) is -0.484. The second-order valence-corrected chi connectivity index (χ2v) is 12.6. The van der Waals surface area contributed by atoms with E-state index in [1.54, 1.807) is 16.2 Å². The standard InChI is InChI=1S/C27H40N4O3S/c1-16(18-9-11-19(12-10-18)22-17(2)28-15-35-22)29-24(33)21-13-20(32)14-31(21)25(34)23(26(3,4)5)30-27(6,7)8/h9-12,15-16,20-21,23,30,32H,13-14H2,1-8H3,(H,29,33)/t16-,20+,21-,23+/m0/s1. The number of hydrogen-bond donors (Lipinski definition) is 3. The van der Waals surface area contributed by atoms with Gasteiger partial charge in [-0.1, -0.05) is 45.0 Å². The van der Waals surface area contributed by atoms with E-state index in [4.69, 9.17) is 0 Å². The Morgan fingerprint density at radius 3 is 2.29 bits per heavy atom. The highest BCUT2D eigenvalue weighted by Gasteiger charge is 2.44. The van der Waals surface area contributed by atoms with Gasteiger partial charge in [0.15, 0.2) is 0 Å².